The van der Waals surface area contributed by atoms with Gasteiger partial charge >= 0.3 is 12.0 Å². The Bertz CT molecular complexity index is 1760. The number of aromatic amines is 1. The average molecular weight is 605 g/mol. The van der Waals surface area contributed by atoms with Crippen LogP contribution in [0.5, 0.6) is 0 Å². The van der Waals surface area contributed by atoms with Gasteiger partial charge in [-0.2, -0.15) is 5.10 Å². The second-order valence-electron chi connectivity index (χ2n) is 11.5. The SMILES string of the molecule is COC(=O)c1cccc(CN2C(=O)N(Cc3ccc4[nH]ncc4c3)[C@H](Cc3ccccc3)[C@H](O)[C@@H](O)[C@H]2Cc2ccccc2)c1. The van der Waals surface area contributed by atoms with Crippen LogP contribution in [0.15, 0.2) is 109 Å². The maximum absolute atomic E-state index is 14.9. The molecule has 6 rings (SSSR count). The molecule has 3 N–H and O–H groups in total. The Morgan fingerprint density at radius 2 is 1.31 bits per heavy atom. The van der Waals surface area contributed by atoms with E-state index < -0.39 is 30.3 Å². The number of nitrogens with one attached hydrogen (secondary N) is 1. The van der Waals surface area contributed by atoms with E-state index in [1.54, 1.807) is 34.2 Å². The Kier molecular flexibility index (Phi) is 8.91. The molecule has 0 aliphatic carbocycles. The van der Waals surface area contributed by atoms with E-state index in [1.165, 1.54) is 7.11 Å². The number of methoxy groups -OCH3 is 1. The molecule has 5 aromatic rings. The Morgan fingerprint density at radius 3 is 1.89 bits per heavy atom. The zero-order valence-electron chi connectivity index (χ0n) is 25.0. The third kappa shape index (κ3) is 6.60. The highest BCUT2D eigenvalue weighted by Gasteiger charge is 2.46. The molecule has 2 amide bonds. The molecule has 0 saturated carbocycles. The van der Waals surface area contributed by atoms with Crippen molar-refractivity contribution in [2.45, 2.75) is 50.2 Å². The number of fused-ring (bicyclic) bond motifs is 1. The summed E-state index contributed by atoms with van der Waals surface area (Å²) in [5, 5.41) is 31.8. The second kappa shape index (κ2) is 13.3. The van der Waals surface area contributed by atoms with Crippen molar-refractivity contribution in [2.24, 2.45) is 0 Å². The van der Waals surface area contributed by atoms with Gasteiger partial charge in [0.25, 0.3) is 0 Å². The number of aliphatic hydroxyl groups excluding tert-OH is 2. The Balaban J connectivity index is 1.43. The smallest absolute Gasteiger partial charge is 0.337 e. The van der Waals surface area contributed by atoms with Gasteiger partial charge in [0.2, 0.25) is 0 Å². The van der Waals surface area contributed by atoms with E-state index in [1.807, 2.05) is 84.9 Å². The molecule has 1 fully saturated rings. The molecule has 1 aromatic heterocycles. The van der Waals surface area contributed by atoms with Gasteiger partial charge in [-0.05, 0) is 59.4 Å². The van der Waals surface area contributed by atoms with Gasteiger partial charge in [0.05, 0.1) is 36.5 Å². The highest BCUT2D eigenvalue weighted by molar-refractivity contribution is 5.89. The highest BCUT2D eigenvalue weighted by atomic mass is 16.5. The van der Waals surface area contributed by atoms with Crippen LogP contribution in [-0.4, -0.2) is 73.6 Å². The highest BCUT2D eigenvalue weighted by Crippen LogP contribution is 2.30. The van der Waals surface area contributed by atoms with E-state index in [-0.39, 0.29) is 19.1 Å². The number of benzene rings is 4. The van der Waals surface area contributed by atoms with E-state index in [9.17, 15) is 19.8 Å². The number of hydrogen-bond acceptors (Lipinski definition) is 6. The lowest BCUT2D eigenvalue weighted by atomic mass is 9.91. The third-order valence-corrected chi connectivity index (χ3v) is 8.56. The van der Waals surface area contributed by atoms with Gasteiger partial charge in [0.1, 0.15) is 12.2 Å². The first kappa shape index (κ1) is 30.1. The van der Waals surface area contributed by atoms with Gasteiger partial charge < -0.3 is 24.7 Å². The first-order chi connectivity index (χ1) is 21.9. The lowest BCUT2D eigenvalue weighted by molar-refractivity contribution is -0.0408. The summed E-state index contributed by atoms with van der Waals surface area (Å²) in [4.78, 5) is 30.5. The van der Waals surface area contributed by atoms with Crippen molar-refractivity contribution in [3.05, 3.63) is 137 Å². The molecule has 2 heterocycles. The topological polar surface area (TPSA) is 119 Å². The van der Waals surface area contributed by atoms with Gasteiger partial charge in [0, 0.05) is 18.5 Å². The number of nitrogens with zero attached hydrogens (tertiary/aromatic N) is 3. The van der Waals surface area contributed by atoms with Crippen LogP contribution in [0.1, 0.15) is 32.6 Å². The number of aliphatic hydroxyl groups is 2. The van der Waals surface area contributed by atoms with Crippen molar-refractivity contribution < 1.29 is 24.5 Å². The van der Waals surface area contributed by atoms with E-state index in [2.05, 4.69) is 10.2 Å². The maximum atomic E-state index is 14.9. The lowest BCUT2D eigenvalue weighted by Gasteiger charge is -2.36. The molecule has 0 spiro atoms. The number of ether oxygens (including phenoxy) is 1. The van der Waals surface area contributed by atoms with Gasteiger partial charge in [-0.25, -0.2) is 9.59 Å². The molecule has 45 heavy (non-hydrogen) atoms. The molecule has 9 nitrogen and oxygen atoms in total. The quantitative estimate of drug-likeness (QED) is 0.209. The molecule has 1 saturated heterocycles. The largest absolute Gasteiger partial charge is 0.465 e. The summed E-state index contributed by atoms with van der Waals surface area (Å²) in [5.74, 6) is -0.477. The molecule has 1 aliphatic heterocycles. The normalized spacial score (nSPS) is 20.3. The molecular weight excluding hydrogens is 568 g/mol. The summed E-state index contributed by atoms with van der Waals surface area (Å²) in [6.07, 6.45) is -0.0869. The zero-order chi connectivity index (χ0) is 31.3. The Morgan fingerprint density at radius 1 is 0.756 bits per heavy atom. The van der Waals surface area contributed by atoms with Crippen molar-refractivity contribution >= 4 is 22.9 Å². The number of hydrogen-bond donors (Lipinski definition) is 3. The summed E-state index contributed by atoms with van der Waals surface area (Å²) in [6, 6.07) is 30.3. The molecule has 1 aliphatic rings. The molecule has 230 valence electrons. The van der Waals surface area contributed by atoms with E-state index in [0.29, 0.717) is 24.0 Å². The number of carbonyl (C=O) groups excluding carboxylic acids is 2. The Hall–Kier alpha value is -4.99. The van der Waals surface area contributed by atoms with Crippen LogP contribution in [0.2, 0.25) is 0 Å². The fourth-order valence-corrected chi connectivity index (χ4v) is 6.21. The van der Waals surface area contributed by atoms with Crippen LogP contribution in [0.25, 0.3) is 10.9 Å². The van der Waals surface area contributed by atoms with Gasteiger partial charge in [-0.15, -0.1) is 0 Å². The first-order valence-corrected chi connectivity index (χ1v) is 15.0. The van der Waals surface area contributed by atoms with Crippen LogP contribution in [0.3, 0.4) is 0 Å². The first-order valence-electron chi connectivity index (χ1n) is 15.0. The number of esters is 1. The van der Waals surface area contributed by atoms with Gasteiger partial charge in [-0.3, -0.25) is 5.10 Å². The molecule has 0 bridgehead atoms. The number of H-pyrrole nitrogens is 1. The molecule has 4 atom stereocenters. The van der Waals surface area contributed by atoms with Crippen molar-refractivity contribution in [3.63, 3.8) is 0 Å². The van der Waals surface area contributed by atoms with E-state index in [0.717, 1.165) is 27.6 Å². The van der Waals surface area contributed by atoms with Gasteiger partial charge in [-0.1, -0.05) is 78.9 Å². The molecule has 0 unspecified atom stereocenters. The summed E-state index contributed by atoms with van der Waals surface area (Å²) in [7, 11) is 1.33. The second-order valence-corrected chi connectivity index (χ2v) is 11.5. The number of rotatable bonds is 9. The van der Waals surface area contributed by atoms with E-state index in [4.69, 9.17) is 4.74 Å². The lowest BCUT2D eigenvalue weighted by Crippen LogP contribution is -2.50. The monoisotopic (exact) mass is 604 g/mol. The molecule has 0 radical (unpaired) electrons. The maximum Gasteiger partial charge on any atom is 0.337 e. The Labute approximate surface area is 261 Å². The standard InChI is InChI=1S/C36H36N4O5/c1-45-35(43)28-14-8-13-26(17-28)22-39-31(19-24-9-4-2-5-10-24)33(41)34(42)32(20-25-11-6-3-7-12-25)40(36(39)44)23-27-15-16-30-29(18-27)21-37-38-30/h2-18,21,31-34,41-42H,19-20,22-23H2,1H3,(H,37,38)/t31-,32-,33+,34+/m1/s1. The molecule has 4 aromatic carbocycles. The van der Waals surface area contributed by atoms with Crippen LogP contribution < -0.4 is 0 Å². The molecule has 9 heteroatoms. The van der Waals surface area contributed by atoms with Crippen molar-refractivity contribution in [2.75, 3.05) is 7.11 Å². The van der Waals surface area contributed by atoms with Crippen molar-refractivity contribution in [1.29, 1.82) is 0 Å². The predicted octanol–water partition coefficient (Wildman–Crippen LogP) is 4.73. The minimum absolute atomic E-state index is 0.111. The minimum atomic E-state index is -1.26. The van der Waals surface area contributed by atoms with Crippen molar-refractivity contribution in [3.8, 4) is 0 Å². The van der Waals surface area contributed by atoms with Crippen LogP contribution in [0, 0.1) is 0 Å². The zero-order valence-corrected chi connectivity index (χ0v) is 25.0. The summed E-state index contributed by atoms with van der Waals surface area (Å²) >= 11 is 0. The minimum Gasteiger partial charge on any atom is -0.465 e. The number of amides is 2. The third-order valence-electron chi connectivity index (χ3n) is 8.56. The summed E-state index contributed by atoms with van der Waals surface area (Å²) in [6.45, 7) is 0.318. The fourth-order valence-electron chi connectivity index (χ4n) is 6.21. The predicted molar refractivity (Wildman–Crippen MR) is 170 cm³/mol. The average Bonchev–Trinajstić information content (AvgIpc) is 3.54. The fraction of sp³-hybridized carbons (Fsp3) is 0.250. The summed E-state index contributed by atoms with van der Waals surface area (Å²) in [5.41, 5.74) is 4.68. The van der Waals surface area contributed by atoms with Crippen LogP contribution in [0.4, 0.5) is 4.79 Å². The number of aromatic nitrogens is 2. The van der Waals surface area contributed by atoms with E-state index >= 15 is 0 Å². The number of urea groups is 1. The van der Waals surface area contributed by atoms with Crippen LogP contribution in [-0.2, 0) is 30.7 Å². The summed E-state index contributed by atoms with van der Waals surface area (Å²) < 4.78 is 4.92. The molecular formula is C36H36N4O5. The van der Waals surface area contributed by atoms with Crippen LogP contribution >= 0.6 is 0 Å². The van der Waals surface area contributed by atoms with Crippen molar-refractivity contribution in [1.82, 2.24) is 20.0 Å². The number of carbonyl (C=O) groups is 2. The van der Waals surface area contributed by atoms with Gasteiger partial charge in [0.15, 0.2) is 0 Å².